The van der Waals surface area contributed by atoms with E-state index in [0.717, 1.165) is 5.56 Å². The highest BCUT2D eigenvalue weighted by Crippen LogP contribution is 2.03. The molecule has 0 saturated heterocycles. The third-order valence-electron chi connectivity index (χ3n) is 1.64. The van der Waals surface area contributed by atoms with E-state index < -0.39 is 5.97 Å². The van der Waals surface area contributed by atoms with Crippen LogP contribution in [0.3, 0.4) is 0 Å². The average Bonchev–Trinajstić information content (AvgIpc) is 2.15. The zero-order valence-corrected chi connectivity index (χ0v) is 8.24. The van der Waals surface area contributed by atoms with Crippen molar-refractivity contribution >= 4 is 5.97 Å². The topological polar surface area (TPSA) is 37.3 Å². The molecule has 1 N–H and O–H groups in total. The molecule has 0 saturated carbocycles. The first-order valence-electron chi connectivity index (χ1n) is 4.44. The number of carboxylic acid groups (broad SMARTS) is 1. The summed E-state index contributed by atoms with van der Waals surface area (Å²) in [6.45, 7) is 4.03. The van der Waals surface area contributed by atoms with E-state index in [2.05, 4.69) is 11.8 Å². The maximum atomic E-state index is 10.5. The van der Waals surface area contributed by atoms with Crippen LogP contribution in [-0.4, -0.2) is 11.1 Å². The van der Waals surface area contributed by atoms with Crippen LogP contribution < -0.4 is 0 Å². The number of aromatic carboxylic acids is 1. The normalized spacial score (nSPS) is 9.36. The van der Waals surface area contributed by atoms with Crippen LogP contribution in [0.25, 0.3) is 0 Å². The Labute approximate surface area is 83.6 Å². The van der Waals surface area contributed by atoms with E-state index in [0.29, 0.717) is 11.5 Å². The van der Waals surface area contributed by atoms with Gasteiger partial charge in [0.1, 0.15) is 0 Å². The lowest BCUT2D eigenvalue weighted by atomic mass is 10.1. The number of carboxylic acids is 1. The monoisotopic (exact) mass is 188 g/mol. The molecule has 14 heavy (non-hydrogen) atoms. The molecule has 0 aliphatic rings. The zero-order valence-electron chi connectivity index (χ0n) is 8.24. The lowest BCUT2D eigenvalue weighted by Crippen LogP contribution is -1.94. The summed E-state index contributed by atoms with van der Waals surface area (Å²) in [4.78, 5) is 10.5. The maximum Gasteiger partial charge on any atom is 0.335 e. The van der Waals surface area contributed by atoms with E-state index in [1.165, 1.54) is 0 Å². The molecule has 0 aromatic heterocycles. The van der Waals surface area contributed by atoms with Crippen molar-refractivity contribution in [3.63, 3.8) is 0 Å². The predicted molar refractivity (Wildman–Crippen MR) is 55.1 cm³/mol. The predicted octanol–water partition coefficient (Wildman–Crippen LogP) is 2.39. The Bertz CT molecular complexity index is 377. The van der Waals surface area contributed by atoms with Gasteiger partial charge in [0.2, 0.25) is 0 Å². The smallest absolute Gasteiger partial charge is 0.335 e. The van der Waals surface area contributed by atoms with Crippen LogP contribution >= 0.6 is 0 Å². The van der Waals surface area contributed by atoms with Gasteiger partial charge in [0.15, 0.2) is 0 Å². The van der Waals surface area contributed by atoms with Gasteiger partial charge in [0, 0.05) is 11.5 Å². The van der Waals surface area contributed by atoms with Crippen molar-refractivity contribution in [1.29, 1.82) is 0 Å². The molecular formula is C12H12O2. The van der Waals surface area contributed by atoms with E-state index in [-0.39, 0.29) is 0 Å². The Morgan fingerprint density at radius 2 is 1.86 bits per heavy atom. The standard InChI is InChI=1S/C12H12O2/c1-9(2)3-4-10-5-7-11(8-6-10)12(13)14/h5-9H,1-2H3,(H,13,14). The Morgan fingerprint density at radius 1 is 1.29 bits per heavy atom. The van der Waals surface area contributed by atoms with Gasteiger partial charge in [-0.05, 0) is 24.3 Å². The van der Waals surface area contributed by atoms with E-state index in [4.69, 9.17) is 5.11 Å². The number of rotatable bonds is 1. The van der Waals surface area contributed by atoms with Crippen LogP contribution in [0.4, 0.5) is 0 Å². The second-order valence-electron chi connectivity index (χ2n) is 3.31. The summed E-state index contributed by atoms with van der Waals surface area (Å²) < 4.78 is 0. The van der Waals surface area contributed by atoms with Crippen molar-refractivity contribution in [2.45, 2.75) is 13.8 Å². The van der Waals surface area contributed by atoms with E-state index in [9.17, 15) is 4.79 Å². The molecule has 0 spiro atoms. The van der Waals surface area contributed by atoms with Crippen LogP contribution in [0.5, 0.6) is 0 Å². The fourth-order valence-corrected chi connectivity index (χ4v) is 0.924. The Kier molecular flexibility index (Phi) is 3.30. The molecule has 2 nitrogen and oxygen atoms in total. The lowest BCUT2D eigenvalue weighted by Gasteiger charge is -1.94. The molecule has 1 rings (SSSR count). The summed E-state index contributed by atoms with van der Waals surface area (Å²) in [7, 11) is 0. The fraction of sp³-hybridized carbons (Fsp3) is 0.250. The SMILES string of the molecule is CC(C)C#Cc1ccc(C(=O)O)cc1. The first kappa shape index (κ1) is 10.3. The van der Waals surface area contributed by atoms with Gasteiger partial charge < -0.3 is 5.11 Å². The molecule has 0 unspecified atom stereocenters. The molecule has 72 valence electrons. The second kappa shape index (κ2) is 4.48. The fourth-order valence-electron chi connectivity index (χ4n) is 0.924. The van der Waals surface area contributed by atoms with Crippen molar-refractivity contribution < 1.29 is 9.90 Å². The van der Waals surface area contributed by atoms with Crippen molar-refractivity contribution in [1.82, 2.24) is 0 Å². The minimum atomic E-state index is -0.909. The summed E-state index contributed by atoms with van der Waals surface area (Å²) in [6, 6.07) is 6.57. The number of hydrogen-bond donors (Lipinski definition) is 1. The number of benzene rings is 1. The largest absolute Gasteiger partial charge is 0.478 e. The molecule has 0 aliphatic heterocycles. The summed E-state index contributed by atoms with van der Waals surface area (Å²) in [6.07, 6.45) is 0. The molecule has 0 bridgehead atoms. The van der Waals surface area contributed by atoms with Crippen LogP contribution in [-0.2, 0) is 0 Å². The van der Waals surface area contributed by atoms with Gasteiger partial charge in [-0.2, -0.15) is 0 Å². The van der Waals surface area contributed by atoms with Crippen LogP contribution in [0, 0.1) is 17.8 Å². The van der Waals surface area contributed by atoms with E-state index in [1.807, 2.05) is 13.8 Å². The highest BCUT2D eigenvalue weighted by molar-refractivity contribution is 5.87. The summed E-state index contributed by atoms with van der Waals surface area (Å²) in [5, 5.41) is 8.66. The van der Waals surface area contributed by atoms with Gasteiger partial charge in [-0.25, -0.2) is 4.79 Å². The summed E-state index contributed by atoms with van der Waals surface area (Å²) in [5.74, 6) is 5.40. The van der Waals surface area contributed by atoms with Crippen molar-refractivity contribution in [2.75, 3.05) is 0 Å². The maximum absolute atomic E-state index is 10.5. The molecule has 0 atom stereocenters. The molecule has 0 aliphatic carbocycles. The quantitative estimate of drug-likeness (QED) is 0.687. The van der Waals surface area contributed by atoms with Gasteiger partial charge in [0.25, 0.3) is 0 Å². The van der Waals surface area contributed by atoms with Gasteiger partial charge >= 0.3 is 5.97 Å². The Hall–Kier alpha value is -1.75. The average molecular weight is 188 g/mol. The van der Waals surface area contributed by atoms with Crippen LogP contribution in [0.2, 0.25) is 0 Å². The lowest BCUT2D eigenvalue weighted by molar-refractivity contribution is 0.0697. The molecule has 0 amide bonds. The Morgan fingerprint density at radius 3 is 2.29 bits per heavy atom. The molecule has 1 aromatic carbocycles. The van der Waals surface area contributed by atoms with Gasteiger partial charge in [0.05, 0.1) is 5.56 Å². The molecule has 1 aromatic rings. The Balaban J connectivity index is 2.85. The molecule has 0 fully saturated rings. The van der Waals surface area contributed by atoms with E-state index >= 15 is 0 Å². The highest BCUT2D eigenvalue weighted by atomic mass is 16.4. The highest BCUT2D eigenvalue weighted by Gasteiger charge is 1.99. The minimum Gasteiger partial charge on any atom is -0.478 e. The third-order valence-corrected chi connectivity index (χ3v) is 1.64. The summed E-state index contributed by atoms with van der Waals surface area (Å²) in [5.41, 5.74) is 1.14. The van der Waals surface area contributed by atoms with Crippen LogP contribution in [0.15, 0.2) is 24.3 Å². The second-order valence-corrected chi connectivity index (χ2v) is 3.31. The molecule has 0 radical (unpaired) electrons. The third kappa shape index (κ3) is 2.95. The molecule has 2 heteroatoms. The first-order valence-corrected chi connectivity index (χ1v) is 4.44. The molecule has 0 heterocycles. The zero-order chi connectivity index (χ0) is 10.6. The molecular weight excluding hydrogens is 176 g/mol. The van der Waals surface area contributed by atoms with Gasteiger partial charge in [-0.15, -0.1) is 0 Å². The first-order chi connectivity index (χ1) is 6.59. The van der Waals surface area contributed by atoms with Gasteiger partial charge in [-0.3, -0.25) is 0 Å². The minimum absolute atomic E-state index is 0.292. The van der Waals surface area contributed by atoms with Crippen molar-refractivity contribution in [3.05, 3.63) is 35.4 Å². The van der Waals surface area contributed by atoms with Crippen molar-refractivity contribution in [2.24, 2.45) is 5.92 Å². The number of carbonyl (C=O) groups is 1. The van der Waals surface area contributed by atoms with Crippen molar-refractivity contribution in [3.8, 4) is 11.8 Å². The number of hydrogen-bond acceptors (Lipinski definition) is 1. The van der Waals surface area contributed by atoms with E-state index in [1.54, 1.807) is 24.3 Å². The summed E-state index contributed by atoms with van der Waals surface area (Å²) >= 11 is 0. The van der Waals surface area contributed by atoms with Gasteiger partial charge in [-0.1, -0.05) is 25.7 Å². The van der Waals surface area contributed by atoms with Crippen LogP contribution in [0.1, 0.15) is 29.8 Å².